The number of hydrogen-bond acceptors (Lipinski definition) is 2. The fourth-order valence-electron chi connectivity index (χ4n) is 1.63. The van der Waals surface area contributed by atoms with Crippen LogP contribution in [0.4, 0.5) is 4.79 Å². The zero-order chi connectivity index (χ0) is 14.5. The molecular weight excluding hydrogens is 308 g/mol. The highest BCUT2D eigenvalue weighted by Crippen LogP contribution is 2.24. The molecule has 0 bridgehead atoms. The van der Waals surface area contributed by atoms with Gasteiger partial charge in [0, 0.05) is 16.4 Å². The van der Waals surface area contributed by atoms with E-state index in [2.05, 4.69) is 46.5 Å². The molecule has 0 heterocycles. The number of hydrogen-bond donors (Lipinski definition) is 3. The fraction of sp³-hybridized carbons (Fsp3) is 0.500. The summed E-state index contributed by atoms with van der Waals surface area (Å²) in [6.45, 7) is 6.35. The zero-order valence-electron chi connectivity index (χ0n) is 11.5. The molecule has 19 heavy (non-hydrogen) atoms. The van der Waals surface area contributed by atoms with Crippen LogP contribution in [0, 0.1) is 0 Å². The van der Waals surface area contributed by atoms with Crippen molar-refractivity contribution in [1.82, 2.24) is 10.6 Å². The Balaban J connectivity index is 2.58. The normalized spacial score (nSPS) is 12.9. The van der Waals surface area contributed by atoms with Crippen molar-refractivity contribution in [1.29, 1.82) is 0 Å². The van der Waals surface area contributed by atoms with Gasteiger partial charge in [0.1, 0.15) is 0 Å². The average molecular weight is 329 g/mol. The third kappa shape index (κ3) is 5.20. The number of nitrogens with one attached hydrogen (secondary N) is 2. The van der Waals surface area contributed by atoms with Gasteiger partial charge in [-0.05, 0) is 24.6 Å². The molecule has 0 saturated heterocycles. The second-order valence-corrected chi connectivity index (χ2v) is 6.22. The number of amides is 2. The zero-order valence-corrected chi connectivity index (χ0v) is 13.1. The monoisotopic (exact) mass is 328 g/mol. The van der Waals surface area contributed by atoms with Gasteiger partial charge in [0.25, 0.3) is 0 Å². The van der Waals surface area contributed by atoms with Crippen LogP contribution >= 0.6 is 15.9 Å². The first kappa shape index (κ1) is 16.0. The van der Waals surface area contributed by atoms with Gasteiger partial charge in [-0.1, -0.05) is 41.9 Å². The molecule has 0 fully saturated rings. The van der Waals surface area contributed by atoms with Gasteiger partial charge in [0.15, 0.2) is 0 Å². The lowest BCUT2D eigenvalue weighted by Gasteiger charge is -2.26. The van der Waals surface area contributed by atoms with Crippen LogP contribution < -0.4 is 10.6 Å². The molecule has 0 aromatic heterocycles. The maximum Gasteiger partial charge on any atom is 0.315 e. The SMILES string of the molecule is CC(CO)NC(=O)NCC(C)(C)c1cccc(Br)c1. The van der Waals surface area contributed by atoms with Crippen LogP contribution in [-0.2, 0) is 5.41 Å². The lowest BCUT2D eigenvalue weighted by molar-refractivity contribution is 0.218. The molecule has 1 unspecified atom stereocenters. The van der Waals surface area contributed by atoms with Gasteiger partial charge in [0.2, 0.25) is 0 Å². The first-order valence-electron chi connectivity index (χ1n) is 6.26. The Labute approximate surface area is 122 Å². The van der Waals surface area contributed by atoms with Gasteiger partial charge < -0.3 is 15.7 Å². The van der Waals surface area contributed by atoms with E-state index in [0.717, 1.165) is 10.0 Å². The van der Waals surface area contributed by atoms with Crippen LogP contribution in [0.2, 0.25) is 0 Å². The Morgan fingerprint density at radius 3 is 2.74 bits per heavy atom. The summed E-state index contributed by atoms with van der Waals surface area (Å²) in [4.78, 5) is 11.6. The molecule has 1 aromatic rings. The predicted molar refractivity (Wildman–Crippen MR) is 80.3 cm³/mol. The number of carbonyl (C=O) groups excluding carboxylic acids is 1. The Kier molecular flexibility index (Phi) is 5.82. The Morgan fingerprint density at radius 1 is 1.47 bits per heavy atom. The van der Waals surface area contributed by atoms with E-state index in [-0.39, 0.29) is 24.1 Å². The molecule has 1 rings (SSSR count). The summed E-state index contributed by atoms with van der Waals surface area (Å²) in [5.41, 5.74) is 0.987. The van der Waals surface area contributed by atoms with Crippen LogP contribution in [0.15, 0.2) is 28.7 Å². The van der Waals surface area contributed by atoms with Crippen molar-refractivity contribution in [3.63, 3.8) is 0 Å². The highest BCUT2D eigenvalue weighted by atomic mass is 79.9. The molecule has 1 aromatic carbocycles. The molecule has 0 aliphatic heterocycles. The van der Waals surface area contributed by atoms with Gasteiger partial charge in [-0.3, -0.25) is 0 Å². The summed E-state index contributed by atoms with van der Waals surface area (Å²) in [5, 5.41) is 14.4. The molecule has 2 amide bonds. The van der Waals surface area contributed by atoms with Crippen molar-refractivity contribution in [2.45, 2.75) is 32.2 Å². The van der Waals surface area contributed by atoms with Crippen molar-refractivity contribution >= 4 is 22.0 Å². The molecular formula is C14H21BrN2O2. The first-order chi connectivity index (χ1) is 8.85. The first-order valence-corrected chi connectivity index (χ1v) is 7.06. The number of rotatable bonds is 5. The minimum atomic E-state index is -0.260. The van der Waals surface area contributed by atoms with Gasteiger partial charge in [0.05, 0.1) is 12.6 Å². The van der Waals surface area contributed by atoms with E-state index in [0.29, 0.717) is 6.54 Å². The number of carbonyl (C=O) groups is 1. The van der Waals surface area contributed by atoms with Crippen molar-refractivity contribution in [2.24, 2.45) is 0 Å². The summed E-state index contributed by atoms with van der Waals surface area (Å²) in [6, 6.07) is 7.55. The number of benzene rings is 1. The smallest absolute Gasteiger partial charge is 0.315 e. The third-order valence-corrected chi connectivity index (χ3v) is 3.44. The van der Waals surface area contributed by atoms with Gasteiger partial charge in [-0.15, -0.1) is 0 Å². The minimum absolute atomic E-state index is 0.0670. The largest absolute Gasteiger partial charge is 0.394 e. The predicted octanol–water partition coefficient (Wildman–Crippen LogP) is 2.41. The van der Waals surface area contributed by atoms with Crippen molar-refractivity contribution < 1.29 is 9.90 Å². The summed E-state index contributed by atoms with van der Waals surface area (Å²) in [7, 11) is 0. The Morgan fingerprint density at radius 2 is 2.16 bits per heavy atom. The Hall–Kier alpha value is -1.07. The lowest BCUT2D eigenvalue weighted by atomic mass is 9.85. The summed E-state index contributed by atoms with van der Waals surface area (Å²) < 4.78 is 1.02. The number of aliphatic hydroxyl groups is 1. The average Bonchev–Trinajstić information content (AvgIpc) is 2.36. The molecule has 0 spiro atoms. The number of halogens is 1. The van der Waals surface area contributed by atoms with E-state index in [1.807, 2.05) is 18.2 Å². The molecule has 0 aliphatic rings. The Bertz CT molecular complexity index is 435. The van der Waals surface area contributed by atoms with Crippen LogP contribution in [-0.4, -0.2) is 30.3 Å². The topological polar surface area (TPSA) is 61.4 Å². The third-order valence-electron chi connectivity index (χ3n) is 2.95. The minimum Gasteiger partial charge on any atom is -0.394 e. The molecule has 0 saturated carbocycles. The van der Waals surface area contributed by atoms with E-state index < -0.39 is 0 Å². The highest BCUT2D eigenvalue weighted by Gasteiger charge is 2.21. The highest BCUT2D eigenvalue weighted by molar-refractivity contribution is 9.10. The number of urea groups is 1. The maximum atomic E-state index is 11.6. The van der Waals surface area contributed by atoms with E-state index >= 15 is 0 Å². The van der Waals surface area contributed by atoms with E-state index in [4.69, 9.17) is 5.11 Å². The second-order valence-electron chi connectivity index (χ2n) is 5.30. The summed E-state index contributed by atoms with van der Waals surface area (Å²) in [6.07, 6.45) is 0. The molecule has 106 valence electrons. The van der Waals surface area contributed by atoms with Crippen LogP contribution in [0.25, 0.3) is 0 Å². The quantitative estimate of drug-likeness (QED) is 0.777. The second kappa shape index (κ2) is 6.91. The molecule has 0 radical (unpaired) electrons. The fourth-order valence-corrected chi connectivity index (χ4v) is 2.03. The van der Waals surface area contributed by atoms with Crippen LogP contribution in [0.5, 0.6) is 0 Å². The molecule has 0 aliphatic carbocycles. The molecule has 3 N–H and O–H groups in total. The lowest BCUT2D eigenvalue weighted by Crippen LogP contribution is -2.46. The van der Waals surface area contributed by atoms with Crippen LogP contribution in [0.1, 0.15) is 26.3 Å². The molecule has 1 atom stereocenters. The number of aliphatic hydroxyl groups excluding tert-OH is 1. The standard InChI is InChI=1S/C14H21BrN2O2/c1-10(8-18)17-13(19)16-9-14(2,3)11-5-4-6-12(15)7-11/h4-7,10,18H,8-9H2,1-3H3,(H2,16,17,19). The van der Waals surface area contributed by atoms with Crippen LogP contribution in [0.3, 0.4) is 0 Å². The van der Waals surface area contributed by atoms with E-state index in [1.54, 1.807) is 6.92 Å². The van der Waals surface area contributed by atoms with Gasteiger partial charge in [-0.2, -0.15) is 0 Å². The summed E-state index contributed by atoms with van der Waals surface area (Å²) >= 11 is 3.45. The van der Waals surface area contributed by atoms with Crippen molar-refractivity contribution in [2.75, 3.05) is 13.2 Å². The van der Waals surface area contributed by atoms with Crippen molar-refractivity contribution in [3.05, 3.63) is 34.3 Å². The summed E-state index contributed by atoms with van der Waals surface area (Å²) in [5.74, 6) is 0. The molecule has 4 nitrogen and oxygen atoms in total. The maximum absolute atomic E-state index is 11.6. The van der Waals surface area contributed by atoms with E-state index in [9.17, 15) is 4.79 Å². The van der Waals surface area contributed by atoms with Crippen molar-refractivity contribution in [3.8, 4) is 0 Å². The van der Waals surface area contributed by atoms with Gasteiger partial charge >= 0.3 is 6.03 Å². The van der Waals surface area contributed by atoms with Gasteiger partial charge in [-0.25, -0.2) is 4.79 Å². The van der Waals surface area contributed by atoms with E-state index in [1.165, 1.54) is 0 Å². The molecule has 5 heteroatoms.